The number of para-hydroxylation sites is 2. The van der Waals surface area contributed by atoms with Crippen LogP contribution in [0, 0.1) is 0 Å². The van der Waals surface area contributed by atoms with E-state index in [2.05, 4.69) is 26.3 Å². The molecule has 118 heavy (non-hydrogen) atoms. The van der Waals surface area contributed by atoms with Crippen molar-refractivity contribution in [1.29, 1.82) is 0 Å². The van der Waals surface area contributed by atoms with Crippen LogP contribution in [0.25, 0.3) is 43.1 Å². The summed E-state index contributed by atoms with van der Waals surface area (Å²) in [5.41, 5.74) is 4.98. The number of ether oxygens (including phenoxy) is 8. The number of amides is 5. The van der Waals surface area contributed by atoms with Gasteiger partial charge in [-0.1, -0.05) is 125 Å². The van der Waals surface area contributed by atoms with Gasteiger partial charge in [0.1, 0.15) is 58.1 Å². The lowest BCUT2D eigenvalue weighted by Crippen LogP contribution is -2.53. The average Bonchev–Trinajstić information content (AvgIpc) is 0.670. The standard InChI is InChI=1S/C96H90N4O18/c1-13-45-97(65-21-17-15-18-22-65)87(101)59(11)99-89(103)71-51-75(115-67-33-25-61(26-34-67)41-47-111-93(107)55(3)4)81-83-77(117-69-37-29-63(30-38-69)43-49-113-95(109)57(7)8)53-73-80-74(92(106)100(91(73)105)60(12)88(102)98(46-14-2)66-23-19-16-20-24-66)54-78(118-70-39-31-64(32-40-70)44-50-114-96(110)58(9)10)84(86(80)83)82-76(52-72(90(99)104)79(71)85(81)82)116-68-35-27-62(28-36-68)42-48-112-94(108)56(5)6/h15-40,51-54,59-60,89,103H,3,5,7,9,13-14,41-50H2,1-2,4,6,8,10-12H3. The minimum Gasteiger partial charge on any atom is -0.462 e. The van der Waals surface area contributed by atoms with Crippen LogP contribution in [0.4, 0.5) is 11.4 Å². The smallest absolute Gasteiger partial charge is 0.333 e. The number of aliphatic hydroxyl groups excluding tert-OH is 1. The number of carbonyl (C=O) groups is 9. The Hall–Kier alpha value is -13.7. The highest BCUT2D eigenvalue weighted by atomic mass is 16.5. The van der Waals surface area contributed by atoms with Gasteiger partial charge in [0.15, 0.2) is 6.23 Å². The zero-order chi connectivity index (χ0) is 83.9. The van der Waals surface area contributed by atoms with Gasteiger partial charge in [-0.15, -0.1) is 0 Å². The second-order valence-corrected chi connectivity index (χ2v) is 29.4. The Labute approximate surface area is 683 Å². The van der Waals surface area contributed by atoms with Crippen molar-refractivity contribution in [2.45, 2.75) is 112 Å². The van der Waals surface area contributed by atoms with Crippen LogP contribution in [0.3, 0.4) is 0 Å². The van der Waals surface area contributed by atoms with Crippen molar-refractivity contribution in [3.05, 3.63) is 275 Å². The molecule has 22 heteroatoms. The van der Waals surface area contributed by atoms with Crippen molar-refractivity contribution >= 4 is 108 Å². The van der Waals surface area contributed by atoms with Crippen LogP contribution in [0.2, 0.25) is 0 Å². The molecule has 3 unspecified atom stereocenters. The van der Waals surface area contributed by atoms with Gasteiger partial charge in [-0.25, -0.2) is 19.2 Å². The summed E-state index contributed by atoms with van der Waals surface area (Å²) in [7, 11) is 0. The van der Waals surface area contributed by atoms with Crippen molar-refractivity contribution < 1.29 is 86.2 Å². The van der Waals surface area contributed by atoms with Gasteiger partial charge in [0.05, 0.1) is 43.1 Å². The van der Waals surface area contributed by atoms with E-state index in [4.69, 9.17) is 37.9 Å². The van der Waals surface area contributed by atoms with Crippen molar-refractivity contribution in [1.82, 2.24) is 9.80 Å². The lowest BCUT2D eigenvalue weighted by molar-refractivity contribution is -0.139. The van der Waals surface area contributed by atoms with E-state index in [-0.39, 0.29) is 173 Å². The number of rotatable bonds is 34. The minimum absolute atomic E-state index is 0.0127. The summed E-state index contributed by atoms with van der Waals surface area (Å²) in [6, 6.07) is 49.3. The number of nitrogens with zero attached hydrogens (tertiary/aromatic N) is 4. The van der Waals surface area contributed by atoms with Crippen LogP contribution >= 0.6 is 0 Å². The molecule has 1 N–H and O–H groups in total. The Kier molecular flexibility index (Phi) is 24.8. The van der Waals surface area contributed by atoms with E-state index in [0.717, 1.165) is 32.1 Å². The van der Waals surface area contributed by atoms with Crippen LogP contribution in [-0.4, -0.2) is 120 Å². The first-order valence-electron chi connectivity index (χ1n) is 39.1. The Balaban J connectivity index is 1.13. The molecule has 602 valence electrons. The van der Waals surface area contributed by atoms with E-state index in [9.17, 15) is 24.3 Å². The lowest BCUT2D eigenvalue weighted by atomic mass is 9.80. The number of esters is 4. The van der Waals surface area contributed by atoms with E-state index < -0.39 is 71.7 Å². The molecule has 11 aromatic carbocycles. The summed E-state index contributed by atoms with van der Waals surface area (Å²) in [5.74, 6) is -4.87. The van der Waals surface area contributed by atoms with Gasteiger partial charge in [0, 0.05) is 121 Å². The van der Waals surface area contributed by atoms with Crippen molar-refractivity contribution in [3.63, 3.8) is 0 Å². The zero-order valence-electron chi connectivity index (χ0n) is 67.0. The molecular formula is C96H90N4O18. The Morgan fingerprint density at radius 1 is 0.381 bits per heavy atom. The monoisotopic (exact) mass is 1590 g/mol. The number of carbonyl (C=O) groups excluding carboxylic acids is 9. The lowest BCUT2D eigenvalue weighted by Gasteiger charge is -2.40. The van der Waals surface area contributed by atoms with Crippen LogP contribution < -0.4 is 28.7 Å². The molecule has 0 fully saturated rings. The molecule has 0 saturated heterocycles. The summed E-state index contributed by atoms with van der Waals surface area (Å²) in [6.45, 7) is 28.6. The molecule has 2 aliphatic heterocycles. The Morgan fingerprint density at radius 3 is 0.975 bits per heavy atom. The zero-order valence-corrected chi connectivity index (χ0v) is 67.0. The maximum atomic E-state index is 16.5. The van der Waals surface area contributed by atoms with Gasteiger partial charge in [-0.05, 0) is 174 Å². The molecular weight excluding hydrogens is 1500 g/mol. The van der Waals surface area contributed by atoms with Gasteiger partial charge >= 0.3 is 23.9 Å². The highest BCUT2D eigenvalue weighted by molar-refractivity contribution is 6.43. The van der Waals surface area contributed by atoms with Crippen LogP contribution in [0.5, 0.6) is 46.0 Å². The molecule has 0 radical (unpaired) electrons. The summed E-state index contributed by atoms with van der Waals surface area (Å²) in [5, 5.41) is 15.0. The predicted molar refractivity (Wildman–Crippen MR) is 450 cm³/mol. The van der Waals surface area contributed by atoms with Crippen molar-refractivity contribution in [2.24, 2.45) is 0 Å². The van der Waals surface area contributed by atoms with E-state index >= 15 is 24.0 Å². The molecule has 0 spiro atoms. The first-order chi connectivity index (χ1) is 56.7. The fourth-order valence-corrected chi connectivity index (χ4v) is 14.7. The van der Waals surface area contributed by atoms with Gasteiger partial charge in [0.25, 0.3) is 17.7 Å². The summed E-state index contributed by atoms with van der Waals surface area (Å²) < 4.78 is 51.2. The van der Waals surface area contributed by atoms with Gasteiger partial charge in [-0.3, -0.25) is 33.8 Å². The number of anilines is 2. The Bertz CT molecular complexity index is 5670. The van der Waals surface area contributed by atoms with Gasteiger partial charge in [-0.2, -0.15) is 0 Å². The van der Waals surface area contributed by atoms with Crippen molar-refractivity contribution in [2.75, 3.05) is 49.3 Å². The molecule has 22 nitrogen and oxygen atoms in total. The maximum Gasteiger partial charge on any atom is 0.333 e. The van der Waals surface area contributed by atoms with Crippen LogP contribution in [0.1, 0.15) is 133 Å². The summed E-state index contributed by atoms with van der Waals surface area (Å²) >= 11 is 0. The molecule has 3 atom stereocenters. The van der Waals surface area contributed by atoms with E-state index in [1.807, 2.05) is 26.0 Å². The first kappa shape index (κ1) is 82.3. The quantitative estimate of drug-likeness (QED) is 0.00981. The third kappa shape index (κ3) is 17.0. The highest BCUT2D eigenvalue weighted by Gasteiger charge is 2.46. The predicted octanol–water partition coefficient (Wildman–Crippen LogP) is 18.3. The van der Waals surface area contributed by atoms with E-state index in [1.54, 1.807) is 202 Å². The number of benzene rings is 11. The second kappa shape index (κ2) is 35.6. The second-order valence-electron chi connectivity index (χ2n) is 29.4. The maximum absolute atomic E-state index is 16.5. The summed E-state index contributed by atoms with van der Waals surface area (Å²) in [4.78, 5) is 136. The third-order valence-corrected chi connectivity index (χ3v) is 20.7. The molecule has 0 aliphatic carbocycles. The molecule has 13 rings (SSSR count). The van der Waals surface area contributed by atoms with Crippen LogP contribution in [0.15, 0.2) is 231 Å². The normalized spacial score (nSPS) is 13.4. The molecule has 0 saturated carbocycles. The minimum atomic E-state index is -1.89. The first-order valence-corrected chi connectivity index (χ1v) is 39.1. The van der Waals surface area contributed by atoms with Crippen molar-refractivity contribution in [3.8, 4) is 46.0 Å². The number of hydrogen-bond acceptors (Lipinski definition) is 18. The van der Waals surface area contributed by atoms with Crippen LogP contribution in [-0.2, 0) is 73.4 Å². The third-order valence-electron chi connectivity index (χ3n) is 20.7. The largest absolute Gasteiger partial charge is 0.462 e. The highest BCUT2D eigenvalue weighted by Crippen LogP contribution is 2.59. The molecule has 11 aromatic rings. The molecule has 0 aromatic heterocycles. The SMILES string of the molecule is C=C(C)C(=O)OCCc1ccc(Oc2cc3c4c(cc(Oc5ccc(CCOC(=O)C(=C)C)cc5)c5c6c(Oc7ccc(CCOC(=O)C(=C)C)cc7)cc7c8c(cc(Oc9ccc(CCOC(=O)C(=C)C)cc9)c(c2c45)c86)C(=O)N(C(C)C(=O)N(CCC)c2ccccc2)C7O)C(=O)N(C(C)C(=O)N(CCC)c2ccccc2)C3=O)cc1. The van der Waals surface area contributed by atoms with E-state index in [0.29, 0.717) is 49.9 Å². The number of hydrogen-bond donors (Lipinski definition) is 1. The topological polar surface area (TPSA) is 261 Å². The molecule has 2 aliphatic rings. The fraction of sp³-hybridized carbons (Fsp3) is 0.240. The van der Waals surface area contributed by atoms with Gasteiger partial charge in [0.2, 0.25) is 11.8 Å². The molecule has 0 bridgehead atoms. The van der Waals surface area contributed by atoms with E-state index in [1.165, 1.54) is 19.1 Å². The Morgan fingerprint density at radius 2 is 0.669 bits per heavy atom. The summed E-state index contributed by atoms with van der Waals surface area (Å²) in [6.07, 6.45) is 0.372. The number of imide groups is 1. The fourth-order valence-electron chi connectivity index (χ4n) is 14.7. The number of fused-ring (bicyclic) bond motifs is 2. The molecule has 5 amide bonds. The van der Waals surface area contributed by atoms with Gasteiger partial charge < -0.3 is 52.8 Å². The average molecular weight is 1590 g/mol. The molecule has 2 heterocycles. The number of aliphatic hydroxyl groups is 1.